The van der Waals surface area contributed by atoms with Gasteiger partial charge in [0, 0.05) is 10.2 Å². The molecule has 0 unspecified atom stereocenters. The first-order valence-electron chi connectivity index (χ1n) is 6.94. The number of amides is 2. The summed E-state index contributed by atoms with van der Waals surface area (Å²) in [7, 11) is 0. The van der Waals surface area contributed by atoms with Crippen molar-refractivity contribution in [3.05, 3.63) is 45.6 Å². The van der Waals surface area contributed by atoms with Gasteiger partial charge in [-0.05, 0) is 45.4 Å². The van der Waals surface area contributed by atoms with Crippen molar-refractivity contribution < 1.29 is 14.3 Å². The van der Waals surface area contributed by atoms with E-state index in [1.165, 1.54) is 0 Å². The van der Waals surface area contributed by atoms with Gasteiger partial charge in [0.1, 0.15) is 5.60 Å². The smallest absolute Gasteiger partial charge is 0.338 e. The average molecular weight is 367 g/mol. The molecule has 1 aliphatic rings. The van der Waals surface area contributed by atoms with Crippen LogP contribution < -0.4 is 10.6 Å². The first-order chi connectivity index (χ1) is 10.2. The van der Waals surface area contributed by atoms with Crippen LogP contribution in [0.5, 0.6) is 0 Å². The lowest BCUT2D eigenvalue weighted by Crippen LogP contribution is -2.46. The van der Waals surface area contributed by atoms with Crippen molar-refractivity contribution in [2.45, 2.75) is 39.3 Å². The molecule has 0 saturated carbocycles. The molecule has 22 heavy (non-hydrogen) atoms. The lowest BCUT2D eigenvalue weighted by Gasteiger charge is -2.30. The summed E-state index contributed by atoms with van der Waals surface area (Å²) in [4.78, 5) is 24.3. The number of nitrogens with one attached hydrogen (secondary N) is 2. The number of urea groups is 1. The normalized spacial score (nSPS) is 18.6. The van der Waals surface area contributed by atoms with E-state index < -0.39 is 17.6 Å². The molecule has 2 amide bonds. The van der Waals surface area contributed by atoms with Crippen molar-refractivity contribution in [3.8, 4) is 0 Å². The molecule has 0 saturated heterocycles. The fourth-order valence-corrected chi connectivity index (χ4v) is 2.65. The number of ether oxygens (including phenoxy) is 1. The van der Waals surface area contributed by atoms with Gasteiger partial charge in [-0.3, -0.25) is 0 Å². The van der Waals surface area contributed by atoms with Gasteiger partial charge >= 0.3 is 12.0 Å². The standard InChI is InChI=1S/C16H19BrN2O3/c1-9-12(14(20)22-16(2,3)4)13(19-15(21)18-9)10-6-5-7-11(17)8-10/h5-8,13H,1-4H3,(H2,18,19,21)/t13-/m1/s1. The predicted molar refractivity (Wildman–Crippen MR) is 87.1 cm³/mol. The van der Waals surface area contributed by atoms with Crippen LogP contribution in [0.4, 0.5) is 4.79 Å². The highest BCUT2D eigenvalue weighted by Crippen LogP contribution is 2.30. The lowest BCUT2D eigenvalue weighted by atomic mass is 9.95. The number of allylic oxidation sites excluding steroid dienone is 1. The third kappa shape index (κ3) is 3.88. The van der Waals surface area contributed by atoms with Crippen LogP contribution >= 0.6 is 15.9 Å². The quantitative estimate of drug-likeness (QED) is 0.788. The fraction of sp³-hybridized carbons (Fsp3) is 0.375. The molecule has 0 aromatic heterocycles. The second kappa shape index (κ2) is 6.12. The highest BCUT2D eigenvalue weighted by atomic mass is 79.9. The molecule has 1 aromatic rings. The van der Waals surface area contributed by atoms with Gasteiger partial charge in [0.25, 0.3) is 0 Å². The Kier molecular flexibility index (Phi) is 4.60. The summed E-state index contributed by atoms with van der Waals surface area (Å²) in [6, 6.07) is 6.59. The Hall–Kier alpha value is -1.82. The van der Waals surface area contributed by atoms with E-state index >= 15 is 0 Å². The van der Waals surface area contributed by atoms with E-state index in [0.717, 1.165) is 10.0 Å². The number of halogens is 1. The molecule has 0 radical (unpaired) electrons. The highest BCUT2D eigenvalue weighted by Gasteiger charge is 2.33. The molecular formula is C16H19BrN2O3. The zero-order valence-corrected chi connectivity index (χ0v) is 14.6. The maximum atomic E-state index is 12.5. The highest BCUT2D eigenvalue weighted by molar-refractivity contribution is 9.10. The second-order valence-electron chi connectivity index (χ2n) is 6.13. The number of esters is 1. The van der Waals surface area contributed by atoms with Crippen LogP contribution in [0.1, 0.15) is 39.3 Å². The fourth-order valence-electron chi connectivity index (χ4n) is 2.23. The molecule has 1 heterocycles. The third-order valence-electron chi connectivity index (χ3n) is 3.07. The van der Waals surface area contributed by atoms with Crippen molar-refractivity contribution in [1.82, 2.24) is 10.6 Å². The van der Waals surface area contributed by atoms with E-state index in [0.29, 0.717) is 11.3 Å². The van der Waals surface area contributed by atoms with Gasteiger partial charge in [0.15, 0.2) is 0 Å². The van der Waals surface area contributed by atoms with Crippen molar-refractivity contribution >= 4 is 27.9 Å². The Labute approximate surface area is 138 Å². The molecule has 1 aliphatic heterocycles. The molecule has 2 rings (SSSR count). The molecule has 2 N–H and O–H groups in total. The minimum absolute atomic E-state index is 0.338. The van der Waals surface area contributed by atoms with Crippen LogP contribution in [0.15, 0.2) is 40.0 Å². The van der Waals surface area contributed by atoms with Gasteiger partial charge in [0.2, 0.25) is 0 Å². The molecule has 0 aliphatic carbocycles. The van der Waals surface area contributed by atoms with Crippen molar-refractivity contribution in [2.24, 2.45) is 0 Å². The summed E-state index contributed by atoms with van der Waals surface area (Å²) in [5.41, 5.74) is 1.12. The monoisotopic (exact) mass is 366 g/mol. The van der Waals surface area contributed by atoms with Crippen LogP contribution in [-0.4, -0.2) is 17.6 Å². The SMILES string of the molecule is CC1=C(C(=O)OC(C)(C)C)[C@@H](c2cccc(Br)c2)NC(=O)N1. The number of rotatable bonds is 2. The van der Waals surface area contributed by atoms with E-state index in [1.54, 1.807) is 6.92 Å². The Morgan fingerprint density at radius 1 is 1.32 bits per heavy atom. The maximum Gasteiger partial charge on any atom is 0.338 e. The van der Waals surface area contributed by atoms with Crippen LogP contribution in [0.2, 0.25) is 0 Å². The second-order valence-corrected chi connectivity index (χ2v) is 7.04. The Balaban J connectivity index is 2.43. The zero-order valence-electron chi connectivity index (χ0n) is 13.0. The number of benzene rings is 1. The molecule has 0 bridgehead atoms. The van der Waals surface area contributed by atoms with E-state index in [9.17, 15) is 9.59 Å². The lowest BCUT2D eigenvalue weighted by molar-refractivity contribution is -0.150. The molecule has 6 heteroatoms. The molecule has 0 spiro atoms. The third-order valence-corrected chi connectivity index (χ3v) is 3.56. The Morgan fingerprint density at radius 3 is 2.59 bits per heavy atom. The molecule has 1 atom stereocenters. The molecule has 0 fully saturated rings. The van der Waals surface area contributed by atoms with E-state index in [4.69, 9.17) is 4.74 Å². The van der Waals surface area contributed by atoms with Crippen molar-refractivity contribution in [3.63, 3.8) is 0 Å². The van der Waals surface area contributed by atoms with Gasteiger partial charge in [0.05, 0.1) is 11.6 Å². The first-order valence-corrected chi connectivity index (χ1v) is 7.74. The first kappa shape index (κ1) is 16.5. The number of carbonyl (C=O) groups excluding carboxylic acids is 2. The van der Waals surface area contributed by atoms with E-state index in [1.807, 2.05) is 45.0 Å². The summed E-state index contributed by atoms with van der Waals surface area (Å²) < 4.78 is 6.34. The number of hydrogen-bond acceptors (Lipinski definition) is 3. The van der Waals surface area contributed by atoms with Gasteiger partial charge in [-0.25, -0.2) is 9.59 Å². The molecule has 5 nitrogen and oxygen atoms in total. The van der Waals surface area contributed by atoms with Crippen LogP contribution in [0.3, 0.4) is 0 Å². The topological polar surface area (TPSA) is 67.4 Å². The summed E-state index contributed by atoms with van der Waals surface area (Å²) >= 11 is 3.40. The van der Waals surface area contributed by atoms with Crippen LogP contribution in [0, 0.1) is 0 Å². The Morgan fingerprint density at radius 2 is 2.00 bits per heavy atom. The molecular weight excluding hydrogens is 348 g/mol. The number of carbonyl (C=O) groups is 2. The van der Waals surface area contributed by atoms with Gasteiger partial charge in [-0.2, -0.15) is 0 Å². The minimum Gasteiger partial charge on any atom is -0.456 e. The van der Waals surface area contributed by atoms with Gasteiger partial charge in [-0.15, -0.1) is 0 Å². The van der Waals surface area contributed by atoms with Crippen molar-refractivity contribution in [1.29, 1.82) is 0 Å². The average Bonchev–Trinajstić information content (AvgIpc) is 2.35. The van der Waals surface area contributed by atoms with E-state index in [-0.39, 0.29) is 6.03 Å². The zero-order chi connectivity index (χ0) is 16.5. The van der Waals surface area contributed by atoms with Crippen molar-refractivity contribution in [2.75, 3.05) is 0 Å². The Bertz CT molecular complexity index is 647. The predicted octanol–water partition coefficient (Wildman–Crippen LogP) is 3.42. The summed E-state index contributed by atoms with van der Waals surface area (Å²) in [6.45, 7) is 7.13. The maximum absolute atomic E-state index is 12.5. The van der Waals surface area contributed by atoms with E-state index in [2.05, 4.69) is 26.6 Å². The van der Waals surface area contributed by atoms with Crippen LogP contribution in [0.25, 0.3) is 0 Å². The molecule has 1 aromatic carbocycles. The van der Waals surface area contributed by atoms with Crippen LogP contribution in [-0.2, 0) is 9.53 Å². The van der Waals surface area contributed by atoms with Gasteiger partial charge < -0.3 is 15.4 Å². The molecule has 118 valence electrons. The summed E-state index contributed by atoms with van der Waals surface area (Å²) in [6.07, 6.45) is 0. The van der Waals surface area contributed by atoms with Gasteiger partial charge in [-0.1, -0.05) is 28.1 Å². The summed E-state index contributed by atoms with van der Waals surface area (Å²) in [5.74, 6) is -0.442. The summed E-state index contributed by atoms with van der Waals surface area (Å²) in [5, 5.41) is 5.40. The minimum atomic E-state index is -0.604. The number of hydrogen-bond donors (Lipinski definition) is 2. The largest absolute Gasteiger partial charge is 0.456 e.